The van der Waals surface area contributed by atoms with Crippen molar-refractivity contribution in [1.82, 2.24) is 4.90 Å². The third-order valence-corrected chi connectivity index (χ3v) is 9.09. The monoisotopic (exact) mass is 514 g/mol. The smallest absolute Gasteiger partial charge is 0.308 e. The molecule has 1 unspecified atom stereocenters. The lowest BCUT2D eigenvalue weighted by atomic mass is 9.49. The molecule has 5 aliphatic rings. The van der Waals surface area contributed by atoms with Crippen LogP contribution in [0.1, 0.15) is 57.4 Å². The molecule has 0 aromatic heterocycles. The fraction of sp³-hybridized carbons (Fsp3) is 0.484. The molecule has 1 atom stereocenters. The molecule has 4 aliphatic carbocycles. The number of hydrogen-bond donors (Lipinski definition) is 0. The molecule has 2 aromatic rings. The maximum atomic E-state index is 14.4. The predicted molar refractivity (Wildman–Crippen MR) is 141 cm³/mol. The van der Waals surface area contributed by atoms with Crippen LogP contribution in [0.5, 0.6) is 5.75 Å². The van der Waals surface area contributed by atoms with Crippen molar-refractivity contribution >= 4 is 29.4 Å². The summed E-state index contributed by atoms with van der Waals surface area (Å²) >= 11 is 0. The highest BCUT2D eigenvalue weighted by Gasteiger charge is 2.57. The van der Waals surface area contributed by atoms with Gasteiger partial charge in [0.2, 0.25) is 11.8 Å². The van der Waals surface area contributed by atoms with Crippen LogP contribution < -0.4 is 9.64 Å². The van der Waals surface area contributed by atoms with Crippen molar-refractivity contribution < 1.29 is 23.9 Å². The first-order valence-electron chi connectivity index (χ1n) is 13.8. The maximum absolute atomic E-state index is 14.4. The zero-order valence-corrected chi connectivity index (χ0v) is 21.8. The third-order valence-electron chi connectivity index (χ3n) is 9.09. The molecule has 4 bridgehead atoms. The first-order valence-corrected chi connectivity index (χ1v) is 13.8. The molecule has 7 heteroatoms. The van der Waals surface area contributed by atoms with Gasteiger partial charge in [-0.05, 0) is 92.5 Å². The Morgan fingerprint density at radius 1 is 0.921 bits per heavy atom. The summed E-state index contributed by atoms with van der Waals surface area (Å²) in [5.74, 6) is 1.12. The van der Waals surface area contributed by atoms with Crippen LogP contribution >= 0.6 is 0 Å². The highest BCUT2D eigenvalue weighted by Crippen LogP contribution is 2.60. The van der Waals surface area contributed by atoms with E-state index in [-0.39, 0.29) is 24.1 Å². The van der Waals surface area contributed by atoms with Crippen LogP contribution in [-0.2, 0) is 25.6 Å². The quantitative estimate of drug-likeness (QED) is 0.308. The van der Waals surface area contributed by atoms with E-state index < -0.39 is 17.4 Å². The zero-order valence-electron chi connectivity index (χ0n) is 21.8. The van der Waals surface area contributed by atoms with Gasteiger partial charge >= 0.3 is 5.97 Å². The SMILES string of the molecule is CC(=O)Oc1ccc(N2C(=O)CC(N(CCc3ccccc3)C(=O)C34CC5CC(CC(C5)C3)C4)C2=O)cc1. The molecule has 0 radical (unpaired) electrons. The van der Waals surface area contributed by atoms with Gasteiger partial charge in [-0.3, -0.25) is 19.2 Å². The Bertz CT molecular complexity index is 1220. The van der Waals surface area contributed by atoms with Crippen molar-refractivity contribution in [2.45, 2.75) is 64.3 Å². The molecule has 0 spiro atoms. The van der Waals surface area contributed by atoms with Gasteiger partial charge in [0, 0.05) is 13.5 Å². The number of amides is 3. The van der Waals surface area contributed by atoms with Gasteiger partial charge in [-0.1, -0.05) is 30.3 Å². The standard InChI is InChI=1S/C31H34N2O5/c1-20(34)38-26-9-7-25(8-10-26)33-28(35)16-27(29(33)36)32(12-11-21-5-3-2-4-6-21)30(37)31-17-22-13-23(18-31)15-24(14-22)19-31/h2-10,22-24,27H,11-19H2,1H3. The topological polar surface area (TPSA) is 84.0 Å². The van der Waals surface area contributed by atoms with Gasteiger partial charge < -0.3 is 9.64 Å². The average molecular weight is 515 g/mol. The summed E-state index contributed by atoms with van der Waals surface area (Å²) in [7, 11) is 0. The van der Waals surface area contributed by atoms with E-state index in [1.165, 1.54) is 31.1 Å². The van der Waals surface area contributed by atoms with E-state index in [1.54, 1.807) is 29.2 Å². The molecule has 38 heavy (non-hydrogen) atoms. The summed E-state index contributed by atoms with van der Waals surface area (Å²) in [4.78, 5) is 55.6. The summed E-state index contributed by atoms with van der Waals surface area (Å²) in [6, 6.07) is 15.5. The Morgan fingerprint density at radius 2 is 1.53 bits per heavy atom. The fourth-order valence-electron chi connectivity index (χ4n) is 7.93. The number of ether oxygens (including phenoxy) is 1. The summed E-state index contributed by atoms with van der Waals surface area (Å²) in [5.41, 5.74) is 1.13. The van der Waals surface area contributed by atoms with Gasteiger partial charge in [0.15, 0.2) is 0 Å². The van der Waals surface area contributed by atoms with Crippen molar-refractivity contribution in [3.05, 3.63) is 60.2 Å². The minimum absolute atomic E-state index is 0.0164. The van der Waals surface area contributed by atoms with Gasteiger partial charge in [0.05, 0.1) is 17.5 Å². The summed E-state index contributed by atoms with van der Waals surface area (Å²) < 4.78 is 5.09. The van der Waals surface area contributed by atoms with Crippen molar-refractivity contribution in [1.29, 1.82) is 0 Å². The molecule has 7 rings (SSSR count). The highest BCUT2D eigenvalue weighted by molar-refractivity contribution is 6.23. The Labute approximate surface area is 223 Å². The number of benzene rings is 2. The van der Waals surface area contributed by atoms with Crippen LogP contribution in [0.15, 0.2) is 54.6 Å². The lowest BCUT2D eigenvalue weighted by molar-refractivity contribution is -0.161. The van der Waals surface area contributed by atoms with E-state index in [1.807, 2.05) is 30.3 Å². The number of carbonyl (C=O) groups excluding carboxylic acids is 4. The van der Waals surface area contributed by atoms with Gasteiger partial charge in [-0.15, -0.1) is 0 Å². The number of hydrogen-bond acceptors (Lipinski definition) is 5. The van der Waals surface area contributed by atoms with Crippen LogP contribution in [0, 0.1) is 23.2 Å². The molecular formula is C31H34N2O5. The van der Waals surface area contributed by atoms with Gasteiger partial charge in [-0.25, -0.2) is 4.90 Å². The summed E-state index contributed by atoms with van der Waals surface area (Å²) in [6.07, 6.45) is 7.05. The van der Waals surface area contributed by atoms with Gasteiger partial charge in [0.1, 0.15) is 11.8 Å². The lowest BCUT2D eigenvalue weighted by Crippen LogP contribution is -2.58. The highest BCUT2D eigenvalue weighted by atomic mass is 16.5. The second kappa shape index (κ2) is 9.68. The minimum Gasteiger partial charge on any atom is -0.427 e. The molecule has 2 aromatic carbocycles. The molecular weight excluding hydrogens is 480 g/mol. The number of anilines is 1. The maximum Gasteiger partial charge on any atom is 0.308 e. The van der Waals surface area contributed by atoms with E-state index >= 15 is 0 Å². The third kappa shape index (κ3) is 4.52. The van der Waals surface area contributed by atoms with Crippen LogP contribution in [-0.4, -0.2) is 41.2 Å². The molecule has 198 valence electrons. The summed E-state index contributed by atoms with van der Waals surface area (Å²) in [5, 5.41) is 0. The minimum atomic E-state index is -0.806. The van der Waals surface area contributed by atoms with Crippen LogP contribution in [0.3, 0.4) is 0 Å². The molecule has 5 fully saturated rings. The van der Waals surface area contributed by atoms with E-state index in [0.29, 0.717) is 42.2 Å². The second-order valence-corrected chi connectivity index (χ2v) is 11.8. The largest absolute Gasteiger partial charge is 0.427 e. The Hall–Kier alpha value is -3.48. The zero-order chi connectivity index (χ0) is 26.4. The second-order valence-electron chi connectivity index (χ2n) is 11.8. The van der Waals surface area contributed by atoms with Gasteiger partial charge in [0.25, 0.3) is 5.91 Å². The van der Waals surface area contributed by atoms with Crippen LogP contribution in [0.2, 0.25) is 0 Å². The molecule has 1 heterocycles. The fourth-order valence-corrected chi connectivity index (χ4v) is 7.93. The van der Waals surface area contributed by atoms with Crippen LogP contribution in [0.25, 0.3) is 0 Å². The normalized spacial score (nSPS) is 29.6. The van der Waals surface area contributed by atoms with E-state index in [2.05, 4.69) is 0 Å². The first-order chi connectivity index (χ1) is 18.3. The van der Waals surface area contributed by atoms with Crippen LogP contribution in [0.4, 0.5) is 5.69 Å². The molecule has 4 saturated carbocycles. The molecule has 1 aliphatic heterocycles. The predicted octanol–water partition coefficient (Wildman–Crippen LogP) is 4.53. The molecule has 3 amide bonds. The summed E-state index contributed by atoms with van der Waals surface area (Å²) in [6.45, 7) is 1.73. The molecule has 0 N–H and O–H groups in total. The van der Waals surface area contributed by atoms with Crippen molar-refractivity contribution in [2.24, 2.45) is 23.2 Å². The van der Waals surface area contributed by atoms with Gasteiger partial charge in [-0.2, -0.15) is 0 Å². The lowest BCUT2D eigenvalue weighted by Gasteiger charge is -2.57. The number of rotatable bonds is 7. The number of imide groups is 1. The Kier molecular flexibility index (Phi) is 6.33. The number of nitrogens with zero attached hydrogens (tertiary/aromatic N) is 2. The average Bonchev–Trinajstić information content (AvgIpc) is 3.17. The van der Waals surface area contributed by atoms with Crippen molar-refractivity contribution in [2.75, 3.05) is 11.4 Å². The Morgan fingerprint density at radius 3 is 2.11 bits per heavy atom. The van der Waals surface area contributed by atoms with Crippen molar-refractivity contribution in [3.8, 4) is 5.75 Å². The molecule has 1 saturated heterocycles. The number of esters is 1. The van der Waals surface area contributed by atoms with Crippen molar-refractivity contribution in [3.63, 3.8) is 0 Å². The van der Waals surface area contributed by atoms with E-state index in [9.17, 15) is 19.2 Å². The Balaban J connectivity index is 1.27. The van der Waals surface area contributed by atoms with E-state index in [4.69, 9.17) is 4.74 Å². The number of carbonyl (C=O) groups is 4. The van der Waals surface area contributed by atoms with E-state index in [0.717, 1.165) is 24.8 Å². The first kappa shape index (κ1) is 24.8. The molecule has 7 nitrogen and oxygen atoms in total.